The summed E-state index contributed by atoms with van der Waals surface area (Å²) in [5.74, 6) is -0.623. The van der Waals surface area contributed by atoms with Crippen molar-refractivity contribution in [1.29, 1.82) is 0 Å². The highest BCUT2D eigenvalue weighted by atomic mass is 79.9. The van der Waals surface area contributed by atoms with Crippen molar-refractivity contribution < 1.29 is 19.4 Å². The summed E-state index contributed by atoms with van der Waals surface area (Å²) < 4.78 is 5.26. The van der Waals surface area contributed by atoms with Crippen molar-refractivity contribution >= 4 is 33.6 Å². The van der Waals surface area contributed by atoms with Crippen LogP contribution in [0.25, 0.3) is 0 Å². The fourth-order valence-electron chi connectivity index (χ4n) is 1.80. The Bertz CT molecular complexity index is 506. The number of hydrogen-bond donors (Lipinski definition) is 1. The number of nitrogens with zero attached hydrogens (tertiary/aromatic N) is 2. The van der Waals surface area contributed by atoms with Crippen molar-refractivity contribution in [2.75, 3.05) is 18.6 Å². The van der Waals surface area contributed by atoms with Crippen LogP contribution in [-0.2, 0) is 9.53 Å². The molecule has 1 amide bonds. The number of esters is 1. The lowest BCUT2D eigenvalue weighted by molar-refractivity contribution is -0.117. The van der Waals surface area contributed by atoms with E-state index >= 15 is 0 Å². The van der Waals surface area contributed by atoms with Gasteiger partial charge in [0, 0.05) is 10.7 Å². The number of β-amino-alcohol motifs (C(OH)–C–C–N with tert-alkyl or cyclic N) is 1. The second-order valence-corrected chi connectivity index (χ2v) is 4.79. The quantitative estimate of drug-likeness (QED) is 0.814. The molecule has 1 atom stereocenters. The fourth-order valence-corrected chi connectivity index (χ4v) is 2.13. The van der Waals surface area contributed by atoms with Crippen molar-refractivity contribution in [3.63, 3.8) is 0 Å². The molecule has 0 radical (unpaired) electrons. The minimum Gasteiger partial charge on any atom is -0.465 e. The molecule has 1 fully saturated rings. The van der Waals surface area contributed by atoms with Gasteiger partial charge in [-0.3, -0.25) is 9.69 Å². The third-order valence-corrected chi connectivity index (χ3v) is 3.03. The van der Waals surface area contributed by atoms with Crippen molar-refractivity contribution in [2.45, 2.75) is 12.5 Å². The van der Waals surface area contributed by atoms with Gasteiger partial charge in [-0.05, 0) is 22.0 Å². The third kappa shape index (κ3) is 2.37. The van der Waals surface area contributed by atoms with Crippen LogP contribution in [0.5, 0.6) is 0 Å². The molecule has 18 heavy (non-hydrogen) atoms. The first kappa shape index (κ1) is 13.0. The molecule has 1 saturated heterocycles. The van der Waals surface area contributed by atoms with Crippen LogP contribution in [0.15, 0.2) is 16.7 Å². The topological polar surface area (TPSA) is 79.7 Å². The molecule has 0 bridgehead atoms. The number of aromatic nitrogens is 1. The smallest absolute Gasteiger partial charge is 0.341 e. The molecule has 7 heteroatoms. The van der Waals surface area contributed by atoms with E-state index in [9.17, 15) is 14.7 Å². The highest BCUT2D eigenvalue weighted by Gasteiger charge is 2.32. The number of amides is 1. The molecule has 96 valence electrons. The Balaban J connectivity index is 2.44. The van der Waals surface area contributed by atoms with Crippen LogP contribution in [0, 0.1) is 0 Å². The molecule has 1 N–H and O–H groups in total. The van der Waals surface area contributed by atoms with Crippen LogP contribution in [0.3, 0.4) is 0 Å². The summed E-state index contributed by atoms with van der Waals surface area (Å²) >= 11 is 3.21. The molecule has 1 aliphatic rings. The number of anilines is 1. The van der Waals surface area contributed by atoms with Gasteiger partial charge in [-0.1, -0.05) is 0 Å². The van der Waals surface area contributed by atoms with Crippen molar-refractivity contribution in [1.82, 2.24) is 4.98 Å². The van der Waals surface area contributed by atoms with Gasteiger partial charge in [0.2, 0.25) is 5.91 Å². The SMILES string of the molecule is COC(=O)c1cc(Br)cnc1N1CC(O)CC1=O. The Hall–Kier alpha value is -1.47. The highest BCUT2D eigenvalue weighted by Crippen LogP contribution is 2.26. The van der Waals surface area contributed by atoms with E-state index in [1.54, 1.807) is 0 Å². The van der Waals surface area contributed by atoms with Crippen LogP contribution < -0.4 is 4.90 Å². The molecule has 6 nitrogen and oxygen atoms in total. The number of halogens is 1. The minimum absolute atomic E-state index is 0.0400. The molecule has 1 aliphatic heterocycles. The minimum atomic E-state index is -0.728. The van der Waals surface area contributed by atoms with E-state index in [1.807, 2.05) is 0 Å². The van der Waals surface area contributed by atoms with Gasteiger partial charge in [-0.25, -0.2) is 9.78 Å². The Morgan fingerprint density at radius 2 is 2.39 bits per heavy atom. The molecule has 0 saturated carbocycles. The molecule has 1 aromatic rings. The largest absolute Gasteiger partial charge is 0.465 e. The average molecular weight is 315 g/mol. The first-order chi connectivity index (χ1) is 8.52. The van der Waals surface area contributed by atoms with Crippen molar-refractivity contribution in [3.05, 3.63) is 22.3 Å². The van der Waals surface area contributed by atoms with Gasteiger partial charge in [0.1, 0.15) is 11.4 Å². The van der Waals surface area contributed by atoms with Crippen LogP contribution in [0.4, 0.5) is 5.82 Å². The van der Waals surface area contributed by atoms with Crippen LogP contribution in [0.2, 0.25) is 0 Å². The third-order valence-electron chi connectivity index (χ3n) is 2.60. The number of aliphatic hydroxyl groups is 1. The van der Waals surface area contributed by atoms with E-state index in [0.717, 1.165) is 0 Å². The molecular weight excluding hydrogens is 304 g/mol. The molecule has 2 heterocycles. The number of methoxy groups -OCH3 is 1. The number of carbonyl (C=O) groups excluding carboxylic acids is 2. The van der Waals surface area contributed by atoms with Gasteiger partial charge in [0.15, 0.2) is 0 Å². The summed E-state index contributed by atoms with van der Waals surface area (Å²) in [4.78, 5) is 28.7. The predicted octanol–water partition coefficient (Wildman–Crippen LogP) is 0.728. The number of pyridine rings is 1. The molecular formula is C11H11BrN2O4. The van der Waals surface area contributed by atoms with Gasteiger partial charge in [-0.15, -0.1) is 0 Å². The lowest BCUT2D eigenvalue weighted by Gasteiger charge is -2.17. The first-order valence-corrected chi connectivity index (χ1v) is 6.04. The normalized spacial score (nSPS) is 19.2. The molecule has 0 aromatic carbocycles. The molecule has 0 aliphatic carbocycles. The zero-order chi connectivity index (χ0) is 13.3. The van der Waals surface area contributed by atoms with E-state index in [-0.39, 0.29) is 30.3 Å². The number of aliphatic hydroxyl groups excluding tert-OH is 1. The van der Waals surface area contributed by atoms with Gasteiger partial charge >= 0.3 is 5.97 Å². The predicted molar refractivity (Wildman–Crippen MR) is 66.3 cm³/mol. The number of hydrogen-bond acceptors (Lipinski definition) is 5. The maximum atomic E-state index is 11.7. The molecule has 2 rings (SSSR count). The standard InChI is InChI=1S/C11H11BrN2O4/c1-18-11(17)8-2-6(12)4-13-10(8)14-5-7(15)3-9(14)16/h2,4,7,15H,3,5H2,1H3. The van der Waals surface area contributed by atoms with E-state index in [2.05, 4.69) is 25.7 Å². The lowest BCUT2D eigenvalue weighted by atomic mass is 10.2. The van der Waals surface area contributed by atoms with Gasteiger partial charge in [-0.2, -0.15) is 0 Å². The lowest BCUT2D eigenvalue weighted by Crippen LogP contribution is -2.28. The van der Waals surface area contributed by atoms with Crippen molar-refractivity contribution in [2.24, 2.45) is 0 Å². The first-order valence-electron chi connectivity index (χ1n) is 5.25. The zero-order valence-electron chi connectivity index (χ0n) is 9.59. The van der Waals surface area contributed by atoms with E-state index in [4.69, 9.17) is 0 Å². The summed E-state index contributed by atoms with van der Waals surface area (Å²) in [5, 5.41) is 9.46. The maximum absolute atomic E-state index is 11.7. The Labute approximate surface area is 112 Å². The maximum Gasteiger partial charge on any atom is 0.341 e. The van der Waals surface area contributed by atoms with E-state index in [1.165, 1.54) is 24.3 Å². The van der Waals surface area contributed by atoms with Gasteiger partial charge in [0.05, 0.1) is 26.2 Å². The summed E-state index contributed by atoms with van der Waals surface area (Å²) in [6, 6.07) is 1.53. The Morgan fingerprint density at radius 1 is 1.67 bits per heavy atom. The van der Waals surface area contributed by atoms with Gasteiger partial charge < -0.3 is 9.84 Å². The molecule has 1 aromatic heterocycles. The average Bonchev–Trinajstić information content (AvgIpc) is 2.67. The second kappa shape index (κ2) is 5.03. The summed E-state index contributed by atoms with van der Waals surface area (Å²) in [5.41, 5.74) is 0.189. The van der Waals surface area contributed by atoms with Gasteiger partial charge in [0.25, 0.3) is 0 Å². The van der Waals surface area contributed by atoms with Crippen LogP contribution >= 0.6 is 15.9 Å². The Kier molecular flexibility index (Phi) is 3.63. The summed E-state index contributed by atoms with van der Waals surface area (Å²) in [6.07, 6.45) is 0.798. The van der Waals surface area contributed by atoms with Crippen molar-refractivity contribution in [3.8, 4) is 0 Å². The van der Waals surface area contributed by atoms with Crippen LogP contribution in [0.1, 0.15) is 16.8 Å². The zero-order valence-corrected chi connectivity index (χ0v) is 11.2. The highest BCUT2D eigenvalue weighted by molar-refractivity contribution is 9.10. The second-order valence-electron chi connectivity index (χ2n) is 3.88. The number of rotatable bonds is 2. The molecule has 1 unspecified atom stereocenters. The summed E-state index contributed by atoms with van der Waals surface area (Å²) in [7, 11) is 1.26. The Morgan fingerprint density at radius 3 is 2.94 bits per heavy atom. The fraction of sp³-hybridized carbons (Fsp3) is 0.364. The summed E-state index contributed by atoms with van der Waals surface area (Å²) in [6.45, 7) is 0.136. The number of carbonyl (C=O) groups is 2. The van der Waals surface area contributed by atoms with E-state index < -0.39 is 12.1 Å². The monoisotopic (exact) mass is 314 g/mol. The van der Waals surface area contributed by atoms with E-state index in [0.29, 0.717) is 4.47 Å². The number of ether oxygens (including phenoxy) is 1. The molecule has 0 spiro atoms. The van der Waals surface area contributed by atoms with Crippen LogP contribution in [-0.4, -0.2) is 41.7 Å².